The van der Waals surface area contributed by atoms with Crippen molar-refractivity contribution in [2.24, 2.45) is 7.05 Å². The van der Waals surface area contributed by atoms with Gasteiger partial charge in [-0.25, -0.2) is 4.98 Å². The van der Waals surface area contributed by atoms with Gasteiger partial charge in [-0.2, -0.15) is 18.3 Å². The number of alkyl halides is 3. The zero-order chi connectivity index (χ0) is 23.0. The number of hydrogen-bond donors (Lipinski definition) is 3. The molecule has 0 aliphatic heterocycles. The third-order valence-electron chi connectivity index (χ3n) is 5.19. The molecule has 0 radical (unpaired) electrons. The molecule has 3 heterocycles. The first-order valence-corrected chi connectivity index (χ1v) is 9.92. The van der Waals surface area contributed by atoms with Gasteiger partial charge in [0.2, 0.25) is 0 Å². The van der Waals surface area contributed by atoms with Crippen LogP contribution < -0.4 is 11.1 Å². The Morgan fingerprint density at radius 3 is 2.62 bits per heavy atom. The van der Waals surface area contributed by atoms with Crippen LogP contribution in [-0.2, 0) is 7.05 Å². The monoisotopic (exact) mass is 446 g/mol. The van der Waals surface area contributed by atoms with Crippen molar-refractivity contribution in [3.05, 3.63) is 48.0 Å². The van der Waals surface area contributed by atoms with Crippen LogP contribution in [0.4, 0.5) is 18.9 Å². The minimum absolute atomic E-state index is 0.0108. The van der Waals surface area contributed by atoms with Gasteiger partial charge < -0.3 is 16.2 Å². The summed E-state index contributed by atoms with van der Waals surface area (Å²) in [5.74, 6) is -0.391. The maximum absolute atomic E-state index is 12.7. The summed E-state index contributed by atoms with van der Waals surface area (Å²) in [4.78, 5) is 21.7. The number of anilines is 1. The average molecular weight is 446 g/mol. The van der Waals surface area contributed by atoms with E-state index in [1.807, 2.05) is 12.1 Å². The Balaban J connectivity index is 1.71. The highest BCUT2D eigenvalue weighted by molar-refractivity contribution is 6.03. The van der Waals surface area contributed by atoms with Crippen molar-refractivity contribution in [1.82, 2.24) is 25.1 Å². The van der Waals surface area contributed by atoms with Gasteiger partial charge >= 0.3 is 6.18 Å². The van der Waals surface area contributed by atoms with E-state index < -0.39 is 24.7 Å². The molecule has 8 nitrogen and oxygen atoms in total. The second-order valence-electron chi connectivity index (χ2n) is 7.73. The lowest BCUT2D eigenvalue weighted by Gasteiger charge is -2.16. The maximum atomic E-state index is 12.7. The van der Waals surface area contributed by atoms with E-state index in [1.54, 1.807) is 19.4 Å². The van der Waals surface area contributed by atoms with Crippen LogP contribution in [0.2, 0.25) is 0 Å². The van der Waals surface area contributed by atoms with Gasteiger partial charge in [0.1, 0.15) is 0 Å². The van der Waals surface area contributed by atoms with Crippen molar-refractivity contribution in [3.63, 3.8) is 0 Å². The van der Waals surface area contributed by atoms with E-state index in [2.05, 4.69) is 20.4 Å². The van der Waals surface area contributed by atoms with Gasteiger partial charge in [-0.3, -0.25) is 14.5 Å². The Morgan fingerprint density at radius 1 is 1.31 bits per heavy atom. The number of nitrogens with zero attached hydrogens (tertiary/aromatic N) is 4. The minimum Gasteiger partial charge on any atom is -0.396 e. The zero-order valence-corrected chi connectivity index (χ0v) is 17.1. The molecule has 0 aromatic carbocycles. The molecule has 1 saturated carbocycles. The predicted octanol–water partition coefficient (Wildman–Crippen LogP) is 2.66. The summed E-state index contributed by atoms with van der Waals surface area (Å²) in [6, 6.07) is 5.13. The highest BCUT2D eigenvalue weighted by Crippen LogP contribution is 2.39. The number of nitrogens with two attached hydrogens (primary N) is 1. The summed E-state index contributed by atoms with van der Waals surface area (Å²) in [5, 5.41) is 15.4. The zero-order valence-electron chi connectivity index (χ0n) is 17.1. The largest absolute Gasteiger partial charge is 0.416 e. The molecule has 0 bridgehead atoms. The van der Waals surface area contributed by atoms with Crippen molar-refractivity contribution < 1.29 is 23.1 Å². The second-order valence-corrected chi connectivity index (χ2v) is 7.73. The van der Waals surface area contributed by atoms with Crippen LogP contribution in [0.5, 0.6) is 0 Å². The molecule has 1 aliphatic rings. The smallest absolute Gasteiger partial charge is 0.396 e. The van der Waals surface area contributed by atoms with E-state index in [-0.39, 0.29) is 16.9 Å². The van der Waals surface area contributed by atoms with Gasteiger partial charge in [0.25, 0.3) is 5.91 Å². The number of pyridine rings is 2. The van der Waals surface area contributed by atoms with Crippen LogP contribution in [0.15, 0.2) is 36.8 Å². The van der Waals surface area contributed by atoms with Gasteiger partial charge in [-0.1, -0.05) is 0 Å². The molecule has 32 heavy (non-hydrogen) atoms. The summed E-state index contributed by atoms with van der Waals surface area (Å²) in [5.41, 5.74) is 8.91. The van der Waals surface area contributed by atoms with E-state index in [0.29, 0.717) is 22.7 Å². The van der Waals surface area contributed by atoms with E-state index in [1.165, 1.54) is 16.9 Å². The van der Waals surface area contributed by atoms with Gasteiger partial charge in [-0.15, -0.1) is 0 Å². The van der Waals surface area contributed by atoms with Crippen molar-refractivity contribution in [1.29, 1.82) is 0 Å². The molecular weight excluding hydrogens is 425 g/mol. The van der Waals surface area contributed by atoms with Crippen LogP contribution >= 0.6 is 0 Å². The van der Waals surface area contributed by atoms with Gasteiger partial charge in [0.15, 0.2) is 6.10 Å². The summed E-state index contributed by atoms with van der Waals surface area (Å²) >= 11 is 0. The molecule has 1 atom stereocenters. The number of nitrogen functional groups attached to an aromatic ring is 1. The molecule has 168 valence electrons. The van der Waals surface area contributed by atoms with Crippen LogP contribution in [0.3, 0.4) is 0 Å². The fourth-order valence-corrected chi connectivity index (χ4v) is 3.23. The summed E-state index contributed by atoms with van der Waals surface area (Å²) in [7, 11) is 1.70. The number of halogens is 3. The number of carbonyl (C=O) groups excluding carboxylic acids is 1. The minimum atomic E-state index is -4.85. The number of amides is 1. The normalized spacial score (nSPS) is 14.9. The van der Waals surface area contributed by atoms with Crippen molar-refractivity contribution in [3.8, 4) is 22.5 Å². The Kier molecular flexibility index (Phi) is 5.59. The van der Waals surface area contributed by atoms with Crippen molar-refractivity contribution >= 4 is 11.6 Å². The fraction of sp³-hybridized carbons (Fsp3) is 0.333. The molecule has 0 spiro atoms. The second kappa shape index (κ2) is 8.23. The Bertz CT molecular complexity index is 1140. The molecule has 4 rings (SSSR count). The number of aromatic nitrogens is 4. The van der Waals surface area contributed by atoms with Crippen LogP contribution in [0.1, 0.15) is 34.8 Å². The highest BCUT2D eigenvalue weighted by atomic mass is 19.4. The lowest BCUT2D eigenvalue weighted by molar-refractivity contribution is -0.201. The fourth-order valence-electron chi connectivity index (χ4n) is 3.23. The Morgan fingerprint density at radius 2 is 2.06 bits per heavy atom. The number of aryl methyl sites for hydroxylation is 1. The van der Waals surface area contributed by atoms with E-state index in [4.69, 9.17) is 5.73 Å². The topological polar surface area (TPSA) is 119 Å². The number of carbonyl (C=O) groups is 1. The molecule has 4 N–H and O–H groups in total. The lowest BCUT2D eigenvalue weighted by Crippen LogP contribution is -2.40. The van der Waals surface area contributed by atoms with Crippen molar-refractivity contribution in [2.45, 2.75) is 31.0 Å². The lowest BCUT2D eigenvalue weighted by atomic mass is 10.0. The van der Waals surface area contributed by atoms with Crippen LogP contribution in [-0.4, -0.2) is 49.6 Å². The summed E-state index contributed by atoms with van der Waals surface area (Å²) in [6.45, 7) is -1.00. The average Bonchev–Trinajstić information content (AvgIpc) is 3.52. The number of aliphatic hydroxyl groups is 1. The van der Waals surface area contributed by atoms with E-state index in [9.17, 15) is 23.1 Å². The molecule has 11 heteroatoms. The standard InChI is InChI=1S/C21H21F3N6O2/c1-30-10-13(8-28-30)19-18(25)14(20(32)27-9-17(31)21(22,23)24)6-16(29-19)12-4-5-15(26-7-12)11-2-3-11/h4-8,10-11,17,31H,2-3,9,25H2,1H3,(H,27,32). The molecule has 0 saturated heterocycles. The first-order valence-electron chi connectivity index (χ1n) is 9.92. The quantitative estimate of drug-likeness (QED) is 0.536. The Hall–Kier alpha value is -3.47. The number of hydrogen-bond acceptors (Lipinski definition) is 6. The number of nitrogens with one attached hydrogen (secondary N) is 1. The maximum Gasteiger partial charge on any atom is 0.416 e. The van der Waals surface area contributed by atoms with Crippen LogP contribution in [0.25, 0.3) is 22.5 Å². The van der Waals surface area contributed by atoms with Crippen LogP contribution in [0, 0.1) is 0 Å². The number of rotatable bonds is 6. The van der Waals surface area contributed by atoms with E-state index in [0.717, 1.165) is 18.5 Å². The number of aliphatic hydroxyl groups excluding tert-OH is 1. The molecule has 1 amide bonds. The summed E-state index contributed by atoms with van der Waals surface area (Å²) in [6.07, 6.45) is -0.507. The molecule has 1 fully saturated rings. The predicted molar refractivity (Wildman–Crippen MR) is 110 cm³/mol. The first-order chi connectivity index (χ1) is 15.1. The third kappa shape index (κ3) is 4.57. The van der Waals surface area contributed by atoms with Gasteiger partial charge in [0.05, 0.1) is 35.4 Å². The molecule has 1 unspecified atom stereocenters. The van der Waals surface area contributed by atoms with Gasteiger partial charge in [-0.05, 0) is 31.0 Å². The molecule has 1 aliphatic carbocycles. The third-order valence-corrected chi connectivity index (χ3v) is 5.19. The first kappa shape index (κ1) is 21.8. The van der Waals surface area contributed by atoms with Gasteiger partial charge in [0, 0.05) is 42.2 Å². The highest BCUT2D eigenvalue weighted by Gasteiger charge is 2.38. The molecule has 3 aromatic rings. The molecular formula is C21H21F3N6O2. The SMILES string of the molecule is Cn1cc(-c2nc(-c3ccc(C4CC4)nc3)cc(C(=O)NCC(O)C(F)(F)F)c2N)cn1. The van der Waals surface area contributed by atoms with E-state index >= 15 is 0 Å². The summed E-state index contributed by atoms with van der Waals surface area (Å²) < 4.78 is 39.3. The van der Waals surface area contributed by atoms with Crippen molar-refractivity contribution in [2.75, 3.05) is 12.3 Å². The molecule has 3 aromatic heterocycles. The Labute approximate surface area is 181 Å².